The summed E-state index contributed by atoms with van der Waals surface area (Å²) in [6.07, 6.45) is 1.45. The molecule has 0 radical (unpaired) electrons. The second-order valence-electron chi connectivity index (χ2n) is 5.40. The lowest BCUT2D eigenvalue weighted by atomic mass is 10.1. The van der Waals surface area contributed by atoms with E-state index in [0.717, 1.165) is 17.3 Å². The van der Waals surface area contributed by atoms with Gasteiger partial charge in [-0.1, -0.05) is 30.3 Å². The summed E-state index contributed by atoms with van der Waals surface area (Å²) in [4.78, 5) is 14.8. The van der Waals surface area contributed by atoms with Crippen LogP contribution in [-0.2, 0) is 0 Å². The standard InChI is InChI=1S/C19H13N3O4S/c1-26-17-9-12(8-16(18(17)23)22(24)25)7-14(10-20)19-21-15(11-27-19)13-5-3-2-4-6-13/h2-9,11,23H,1H3/p-1/b14-7+. The largest absolute Gasteiger partial charge is 0.865 e. The van der Waals surface area contributed by atoms with Crippen molar-refractivity contribution in [2.24, 2.45) is 0 Å². The number of nitro benzene ring substituents is 1. The van der Waals surface area contributed by atoms with Crippen molar-refractivity contribution in [2.45, 2.75) is 0 Å². The van der Waals surface area contributed by atoms with E-state index in [4.69, 9.17) is 4.74 Å². The average Bonchev–Trinajstić information content (AvgIpc) is 3.17. The zero-order valence-corrected chi connectivity index (χ0v) is 14.9. The number of hydrogen-bond donors (Lipinski definition) is 0. The van der Waals surface area contributed by atoms with Gasteiger partial charge in [-0.15, -0.1) is 11.3 Å². The van der Waals surface area contributed by atoms with Crippen molar-refractivity contribution >= 4 is 28.7 Å². The van der Waals surface area contributed by atoms with Crippen molar-refractivity contribution in [2.75, 3.05) is 7.11 Å². The lowest BCUT2D eigenvalue weighted by Crippen LogP contribution is -2.01. The van der Waals surface area contributed by atoms with E-state index in [1.54, 1.807) is 0 Å². The molecule has 1 aromatic heterocycles. The van der Waals surface area contributed by atoms with Crippen molar-refractivity contribution in [3.05, 3.63) is 68.5 Å². The predicted molar refractivity (Wildman–Crippen MR) is 100 cm³/mol. The van der Waals surface area contributed by atoms with Gasteiger partial charge in [0.2, 0.25) is 0 Å². The topological polar surface area (TPSA) is 112 Å². The molecule has 0 aliphatic rings. The fourth-order valence-electron chi connectivity index (χ4n) is 2.43. The summed E-state index contributed by atoms with van der Waals surface area (Å²) in [6.45, 7) is 0. The molecular weight excluding hydrogens is 366 g/mol. The predicted octanol–water partition coefficient (Wildman–Crippen LogP) is 3.86. The maximum atomic E-state index is 11.9. The first-order chi connectivity index (χ1) is 13.0. The molecule has 8 heteroatoms. The van der Waals surface area contributed by atoms with E-state index < -0.39 is 16.4 Å². The van der Waals surface area contributed by atoms with Crippen LogP contribution in [0.25, 0.3) is 22.9 Å². The number of nitriles is 1. The van der Waals surface area contributed by atoms with Crippen LogP contribution in [0.1, 0.15) is 10.6 Å². The van der Waals surface area contributed by atoms with Crippen molar-refractivity contribution in [1.82, 2.24) is 4.98 Å². The quantitative estimate of drug-likeness (QED) is 0.378. The summed E-state index contributed by atoms with van der Waals surface area (Å²) in [5, 5.41) is 34.8. The Morgan fingerprint density at radius 3 is 2.70 bits per heavy atom. The summed E-state index contributed by atoms with van der Waals surface area (Å²) >= 11 is 1.29. The molecule has 0 saturated heterocycles. The molecule has 3 aromatic rings. The molecule has 0 fully saturated rings. The lowest BCUT2D eigenvalue weighted by molar-refractivity contribution is -0.398. The third-order valence-electron chi connectivity index (χ3n) is 3.71. The number of ether oxygens (including phenoxy) is 1. The van der Waals surface area contributed by atoms with Crippen LogP contribution in [0.4, 0.5) is 5.69 Å². The van der Waals surface area contributed by atoms with Crippen molar-refractivity contribution in [3.63, 3.8) is 0 Å². The monoisotopic (exact) mass is 378 g/mol. The molecule has 0 atom stereocenters. The van der Waals surface area contributed by atoms with Gasteiger partial charge in [0.15, 0.2) is 0 Å². The smallest absolute Gasteiger partial charge is 0.266 e. The van der Waals surface area contributed by atoms with E-state index in [1.165, 1.54) is 30.6 Å². The van der Waals surface area contributed by atoms with Crippen LogP contribution in [-0.4, -0.2) is 17.0 Å². The number of methoxy groups -OCH3 is 1. The van der Waals surface area contributed by atoms with Gasteiger partial charge in [0, 0.05) is 22.8 Å². The van der Waals surface area contributed by atoms with Gasteiger partial charge < -0.3 is 9.84 Å². The molecule has 0 amide bonds. The zero-order chi connectivity index (χ0) is 19.4. The van der Waals surface area contributed by atoms with Crippen LogP contribution >= 0.6 is 11.3 Å². The highest BCUT2D eigenvalue weighted by Crippen LogP contribution is 2.36. The summed E-state index contributed by atoms with van der Waals surface area (Å²) in [5.41, 5.74) is 1.59. The van der Waals surface area contributed by atoms with E-state index in [2.05, 4.69) is 11.1 Å². The molecule has 7 nitrogen and oxygen atoms in total. The highest BCUT2D eigenvalue weighted by Gasteiger charge is 2.14. The number of aromatic nitrogens is 1. The second-order valence-corrected chi connectivity index (χ2v) is 6.26. The molecule has 0 N–H and O–H groups in total. The molecule has 0 unspecified atom stereocenters. The van der Waals surface area contributed by atoms with Crippen molar-refractivity contribution in [1.29, 1.82) is 5.26 Å². The van der Waals surface area contributed by atoms with Gasteiger partial charge >= 0.3 is 0 Å². The molecular formula is C19H12N3O4S-. The summed E-state index contributed by atoms with van der Waals surface area (Å²) in [5.74, 6) is -0.962. The first-order valence-corrected chi connectivity index (χ1v) is 8.58. The van der Waals surface area contributed by atoms with E-state index in [-0.39, 0.29) is 11.3 Å². The minimum absolute atomic E-state index is 0.156. The Morgan fingerprint density at radius 2 is 2.07 bits per heavy atom. The number of thiazole rings is 1. The Kier molecular flexibility index (Phi) is 5.15. The molecule has 1 heterocycles. The van der Waals surface area contributed by atoms with Crippen LogP contribution in [0.15, 0.2) is 47.8 Å². The minimum Gasteiger partial charge on any atom is -0.865 e. The summed E-state index contributed by atoms with van der Waals surface area (Å²) < 4.78 is 4.92. The van der Waals surface area contributed by atoms with Gasteiger partial charge in [-0.25, -0.2) is 4.98 Å². The van der Waals surface area contributed by atoms with Crippen LogP contribution in [0.5, 0.6) is 11.5 Å². The number of nitro groups is 1. The first kappa shape index (κ1) is 18.1. The van der Waals surface area contributed by atoms with E-state index >= 15 is 0 Å². The SMILES string of the molecule is COc1cc(/C=C(\C#N)c2nc(-c3ccccc3)cs2)cc([N+](=O)[O-])c1[O-]. The van der Waals surface area contributed by atoms with Crippen molar-refractivity contribution in [3.8, 4) is 28.8 Å². The third kappa shape index (κ3) is 3.78. The van der Waals surface area contributed by atoms with Gasteiger partial charge in [0.1, 0.15) is 16.8 Å². The van der Waals surface area contributed by atoms with Crippen LogP contribution in [0.2, 0.25) is 0 Å². The van der Waals surface area contributed by atoms with Gasteiger partial charge in [-0.05, 0) is 17.7 Å². The maximum Gasteiger partial charge on any atom is 0.266 e. The average molecular weight is 378 g/mol. The van der Waals surface area contributed by atoms with E-state index in [0.29, 0.717) is 10.6 Å². The molecule has 0 bridgehead atoms. The minimum atomic E-state index is -0.807. The Balaban J connectivity index is 2.03. The number of allylic oxidation sites excluding steroid dienone is 1. The number of benzene rings is 2. The maximum absolute atomic E-state index is 11.9. The number of nitrogens with zero attached hydrogens (tertiary/aromatic N) is 3. The Morgan fingerprint density at radius 1 is 1.33 bits per heavy atom. The van der Waals surface area contributed by atoms with Crippen molar-refractivity contribution < 1.29 is 14.8 Å². The van der Waals surface area contributed by atoms with Gasteiger partial charge in [0.25, 0.3) is 5.69 Å². The normalized spacial score (nSPS) is 11.0. The summed E-state index contributed by atoms with van der Waals surface area (Å²) in [7, 11) is 1.26. The zero-order valence-electron chi connectivity index (χ0n) is 14.1. The molecule has 134 valence electrons. The lowest BCUT2D eigenvalue weighted by Gasteiger charge is -2.13. The fraction of sp³-hybridized carbons (Fsp3) is 0.0526. The summed E-state index contributed by atoms with van der Waals surface area (Å²) in [6, 6.07) is 14.0. The van der Waals surface area contributed by atoms with Gasteiger partial charge in [-0.2, -0.15) is 5.26 Å². The highest BCUT2D eigenvalue weighted by atomic mass is 32.1. The number of rotatable bonds is 5. The number of hydrogen-bond acceptors (Lipinski definition) is 7. The third-order valence-corrected chi connectivity index (χ3v) is 4.59. The van der Waals surface area contributed by atoms with Crippen LogP contribution < -0.4 is 9.84 Å². The Hall–Kier alpha value is -3.70. The molecule has 3 rings (SSSR count). The molecule has 0 saturated carbocycles. The Labute approximate surface area is 158 Å². The van der Waals surface area contributed by atoms with Crippen LogP contribution in [0.3, 0.4) is 0 Å². The second kappa shape index (κ2) is 7.68. The van der Waals surface area contributed by atoms with E-state index in [1.807, 2.05) is 35.7 Å². The van der Waals surface area contributed by atoms with E-state index in [9.17, 15) is 20.5 Å². The molecule has 2 aromatic carbocycles. The first-order valence-electron chi connectivity index (χ1n) is 7.70. The molecule has 0 aliphatic carbocycles. The van der Waals surface area contributed by atoms with Gasteiger partial charge in [0.05, 0.1) is 23.3 Å². The van der Waals surface area contributed by atoms with Crippen LogP contribution in [0, 0.1) is 21.4 Å². The molecule has 0 spiro atoms. The fourth-order valence-corrected chi connectivity index (χ4v) is 3.22. The molecule has 0 aliphatic heterocycles. The van der Waals surface area contributed by atoms with Gasteiger partial charge in [-0.3, -0.25) is 10.1 Å². The Bertz CT molecular complexity index is 1070. The highest BCUT2D eigenvalue weighted by molar-refractivity contribution is 7.11. The molecule has 27 heavy (non-hydrogen) atoms.